The van der Waals surface area contributed by atoms with Gasteiger partial charge in [0.05, 0.1) is 7.11 Å². The number of nitrogens with one attached hydrogen (secondary N) is 1. The van der Waals surface area contributed by atoms with Crippen molar-refractivity contribution >= 4 is 33.7 Å². The minimum absolute atomic E-state index is 0.0498. The van der Waals surface area contributed by atoms with Gasteiger partial charge in [-0.2, -0.15) is 0 Å². The van der Waals surface area contributed by atoms with E-state index in [1.807, 2.05) is 30.3 Å². The van der Waals surface area contributed by atoms with Crippen LogP contribution >= 0.6 is 0 Å². The highest BCUT2D eigenvalue weighted by Gasteiger charge is 2.27. The number of amides is 1. The van der Waals surface area contributed by atoms with Gasteiger partial charge in [-0.15, -0.1) is 0 Å². The lowest BCUT2D eigenvalue weighted by Crippen LogP contribution is -2.51. The maximum absolute atomic E-state index is 12.7. The van der Waals surface area contributed by atoms with E-state index in [-0.39, 0.29) is 16.6 Å². The monoisotopic (exact) mass is 487 g/mol. The van der Waals surface area contributed by atoms with Gasteiger partial charge in [0.1, 0.15) is 10.6 Å². The molecule has 182 valence electrons. The highest BCUT2D eigenvalue weighted by molar-refractivity contribution is 7.89. The fourth-order valence-electron chi connectivity index (χ4n) is 3.63. The molecule has 9 nitrogen and oxygen atoms in total. The fraction of sp³-hybridized carbons (Fsp3) is 0.333. The van der Waals surface area contributed by atoms with Crippen molar-refractivity contribution in [1.29, 1.82) is 0 Å². The molecule has 0 radical (unpaired) electrons. The Kier molecular flexibility index (Phi) is 8.30. The summed E-state index contributed by atoms with van der Waals surface area (Å²) in [7, 11) is -1.07. The van der Waals surface area contributed by atoms with Gasteiger partial charge in [-0.05, 0) is 49.9 Å². The van der Waals surface area contributed by atoms with Crippen molar-refractivity contribution in [3.8, 4) is 5.75 Å². The molecule has 1 unspecified atom stereocenters. The Bertz CT molecular complexity index is 1140. The zero-order valence-corrected chi connectivity index (χ0v) is 20.2. The Balaban J connectivity index is 1.56. The van der Waals surface area contributed by atoms with E-state index >= 15 is 0 Å². The Morgan fingerprint density at radius 3 is 2.35 bits per heavy atom. The number of esters is 1. The first-order valence-electron chi connectivity index (χ1n) is 10.8. The quantitative estimate of drug-likeness (QED) is 0.448. The van der Waals surface area contributed by atoms with Crippen LogP contribution in [0.2, 0.25) is 0 Å². The van der Waals surface area contributed by atoms with Gasteiger partial charge in [-0.1, -0.05) is 24.3 Å². The number of benzene rings is 2. The Labute approximate surface area is 200 Å². The minimum Gasteiger partial charge on any atom is -0.495 e. The molecule has 0 aliphatic carbocycles. The van der Waals surface area contributed by atoms with Crippen LogP contribution in [0.4, 0.5) is 5.69 Å². The van der Waals surface area contributed by atoms with Crippen LogP contribution in [0, 0.1) is 0 Å². The molecule has 1 saturated heterocycles. The molecule has 1 fully saturated rings. The van der Waals surface area contributed by atoms with Crippen molar-refractivity contribution in [2.45, 2.75) is 17.9 Å². The van der Waals surface area contributed by atoms with Gasteiger partial charge in [0.2, 0.25) is 10.0 Å². The lowest BCUT2D eigenvalue weighted by molar-refractivity contribution is -0.155. The number of anilines is 1. The van der Waals surface area contributed by atoms with E-state index in [4.69, 9.17) is 9.47 Å². The molecular weight excluding hydrogens is 458 g/mol. The van der Waals surface area contributed by atoms with Crippen LogP contribution in [-0.4, -0.2) is 71.6 Å². The van der Waals surface area contributed by atoms with Crippen molar-refractivity contribution < 1.29 is 27.5 Å². The summed E-state index contributed by atoms with van der Waals surface area (Å²) in [6, 6.07) is 14.5. The highest BCUT2D eigenvalue weighted by atomic mass is 32.2. The van der Waals surface area contributed by atoms with E-state index in [9.17, 15) is 18.0 Å². The van der Waals surface area contributed by atoms with Crippen LogP contribution in [0.5, 0.6) is 5.75 Å². The molecule has 1 atom stereocenters. The number of carbonyl (C=O) groups excluding carboxylic acids is 2. The molecule has 1 aliphatic rings. The number of rotatable bonds is 8. The topological polar surface area (TPSA) is 105 Å². The van der Waals surface area contributed by atoms with Crippen LogP contribution in [0.15, 0.2) is 59.5 Å². The Morgan fingerprint density at radius 1 is 1.06 bits per heavy atom. The van der Waals surface area contributed by atoms with Gasteiger partial charge in [0.25, 0.3) is 5.91 Å². The maximum atomic E-state index is 12.7. The van der Waals surface area contributed by atoms with E-state index in [1.54, 1.807) is 17.9 Å². The first kappa shape index (κ1) is 25.3. The molecule has 0 aromatic heterocycles. The Morgan fingerprint density at radius 2 is 1.74 bits per heavy atom. The number of para-hydroxylation sites is 1. The van der Waals surface area contributed by atoms with E-state index in [0.717, 1.165) is 11.8 Å². The molecule has 1 N–H and O–H groups in total. The molecule has 0 bridgehead atoms. The number of hydrogen-bond acceptors (Lipinski definition) is 7. The summed E-state index contributed by atoms with van der Waals surface area (Å²) in [5.41, 5.74) is 1.58. The van der Waals surface area contributed by atoms with Crippen LogP contribution in [0.25, 0.3) is 6.08 Å². The second-order valence-corrected chi connectivity index (χ2v) is 9.53. The third kappa shape index (κ3) is 6.15. The SMILES string of the molecule is CNS(=O)(=O)c1cc(/C=C/C(=O)OC(C)C(=O)N2CCN(c3ccccc3)CC2)ccc1OC. The van der Waals surface area contributed by atoms with Crippen molar-refractivity contribution in [2.24, 2.45) is 0 Å². The first-order chi connectivity index (χ1) is 16.2. The van der Waals surface area contributed by atoms with E-state index in [2.05, 4.69) is 9.62 Å². The summed E-state index contributed by atoms with van der Waals surface area (Å²) >= 11 is 0. The van der Waals surface area contributed by atoms with Crippen molar-refractivity contribution in [3.63, 3.8) is 0 Å². The molecule has 0 spiro atoms. The predicted molar refractivity (Wildman–Crippen MR) is 129 cm³/mol. The molecular formula is C24H29N3O6S. The number of sulfonamides is 1. The van der Waals surface area contributed by atoms with Crippen LogP contribution < -0.4 is 14.4 Å². The van der Waals surface area contributed by atoms with Crippen molar-refractivity contribution in [1.82, 2.24) is 9.62 Å². The summed E-state index contributed by atoms with van der Waals surface area (Å²) in [6.07, 6.45) is 1.65. The number of hydrogen-bond donors (Lipinski definition) is 1. The molecule has 0 saturated carbocycles. The summed E-state index contributed by atoms with van der Waals surface area (Å²) in [6.45, 7) is 4.03. The predicted octanol–water partition coefficient (Wildman–Crippen LogP) is 1.90. The number of ether oxygens (including phenoxy) is 2. The zero-order chi connectivity index (χ0) is 24.7. The number of carbonyl (C=O) groups is 2. The van der Waals surface area contributed by atoms with Gasteiger partial charge in [0, 0.05) is 37.9 Å². The van der Waals surface area contributed by atoms with Gasteiger partial charge in [-0.25, -0.2) is 17.9 Å². The largest absolute Gasteiger partial charge is 0.495 e. The lowest BCUT2D eigenvalue weighted by atomic mass is 10.2. The second-order valence-electron chi connectivity index (χ2n) is 7.68. The highest BCUT2D eigenvalue weighted by Crippen LogP contribution is 2.25. The van der Waals surface area contributed by atoms with Gasteiger partial charge in [0.15, 0.2) is 6.10 Å². The fourth-order valence-corrected chi connectivity index (χ4v) is 4.55. The minimum atomic E-state index is -3.75. The summed E-state index contributed by atoms with van der Waals surface area (Å²) in [5.74, 6) is -0.764. The van der Waals surface area contributed by atoms with Gasteiger partial charge < -0.3 is 19.3 Å². The summed E-state index contributed by atoms with van der Waals surface area (Å²) < 4.78 is 37.0. The summed E-state index contributed by atoms with van der Waals surface area (Å²) in [4.78, 5) is 28.9. The smallest absolute Gasteiger partial charge is 0.331 e. The maximum Gasteiger partial charge on any atom is 0.331 e. The molecule has 1 amide bonds. The zero-order valence-electron chi connectivity index (χ0n) is 19.4. The Hall–Kier alpha value is -3.37. The second kappa shape index (κ2) is 11.2. The number of piperazine rings is 1. The molecule has 1 heterocycles. The number of nitrogens with zero attached hydrogens (tertiary/aromatic N) is 2. The third-order valence-electron chi connectivity index (χ3n) is 5.51. The van der Waals surface area contributed by atoms with E-state index in [0.29, 0.717) is 31.7 Å². The molecule has 3 rings (SSSR count). The van der Waals surface area contributed by atoms with Crippen molar-refractivity contribution in [3.05, 3.63) is 60.2 Å². The van der Waals surface area contributed by atoms with Gasteiger partial charge in [-0.3, -0.25) is 4.79 Å². The average Bonchev–Trinajstić information content (AvgIpc) is 2.87. The lowest BCUT2D eigenvalue weighted by Gasteiger charge is -2.36. The van der Waals surface area contributed by atoms with Crippen LogP contribution in [0.1, 0.15) is 12.5 Å². The molecule has 2 aromatic rings. The third-order valence-corrected chi connectivity index (χ3v) is 6.95. The normalized spacial score (nSPS) is 15.3. The molecule has 2 aromatic carbocycles. The first-order valence-corrected chi connectivity index (χ1v) is 12.3. The number of methoxy groups -OCH3 is 1. The molecule has 1 aliphatic heterocycles. The standard InChI is InChI=1S/C24H29N3O6S/c1-18(24(29)27-15-13-26(14-16-27)20-7-5-4-6-8-20)33-23(28)12-10-19-9-11-21(32-3)22(17-19)34(30,31)25-2/h4-12,17-18,25H,13-16H2,1-3H3/b12-10+. The van der Waals surface area contributed by atoms with Crippen LogP contribution in [0.3, 0.4) is 0 Å². The van der Waals surface area contributed by atoms with Crippen LogP contribution in [-0.2, 0) is 24.3 Å². The van der Waals surface area contributed by atoms with E-state index in [1.165, 1.54) is 32.4 Å². The van der Waals surface area contributed by atoms with Gasteiger partial charge >= 0.3 is 5.97 Å². The molecule has 10 heteroatoms. The van der Waals surface area contributed by atoms with E-state index < -0.39 is 22.1 Å². The summed E-state index contributed by atoms with van der Waals surface area (Å²) in [5, 5.41) is 0. The van der Waals surface area contributed by atoms with Crippen molar-refractivity contribution in [2.75, 3.05) is 45.2 Å². The molecule has 34 heavy (non-hydrogen) atoms. The average molecular weight is 488 g/mol.